The van der Waals surface area contributed by atoms with Crippen LogP contribution in [0.1, 0.15) is 19.8 Å². The molecule has 28 heavy (non-hydrogen) atoms. The number of rotatable bonds is 4. The molecule has 4 rings (SSSR count). The molecule has 4 N–H and O–H groups in total. The average molecular weight is 384 g/mol. The quantitative estimate of drug-likeness (QED) is 0.717. The van der Waals surface area contributed by atoms with Gasteiger partial charge in [0.15, 0.2) is 5.84 Å². The van der Waals surface area contributed by atoms with Crippen molar-refractivity contribution in [3.63, 3.8) is 0 Å². The predicted octanol–water partition coefficient (Wildman–Crippen LogP) is 1.02. The third-order valence-corrected chi connectivity index (χ3v) is 5.66. The molecule has 8 heteroatoms. The third-order valence-electron chi connectivity index (χ3n) is 5.66. The molecule has 1 aromatic rings. The van der Waals surface area contributed by atoms with Crippen molar-refractivity contribution in [2.24, 2.45) is 15.7 Å². The second-order valence-electron chi connectivity index (χ2n) is 7.84. The number of hydrazine groups is 1. The van der Waals surface area contributed by atoms with Crippen LogP contribution < -0.4 is 15.9 Å². The van der Waals surface area contributed by atoms with Gasteiger partial charge in [0, 0.05) is 38.3 Å². The number of likely N-dealkylation sites (tertiary alicyclic amines) is 1. The van der Waals surface area contributed by atoms with Gasteiger partial charge in [-0.2, -0.15) is 0 Å². The van der Waals surface area contributed by atoms with Gasteiger partial charge in [0.2, 0.25) is 0 Å². The lowest BCUT2D eigenvalue weighted by molar-refractivity contribution is -0.0291. The first-order chi connectivity index (χ1) is 13.5. The summed E-state index contributed by atoms with van der Waals surface area (Å²) in [6.45, 7) is 4.93. The van der Waals surface area contributed by atoms with E-state index in [0.29, 0.717) is 12.4 Å². The van der Waals surface area contributed by atoms with E-state index in [0.717, 1.165) is 49.6 Å². The Morgan fingerprint density at radius 3 is 3.07 bits per heavy atom. The highest BCUT2D eigenvalue weighted by atomic mass is 16.5. The van der Waals surface area contributed by atoms with E-state index in [4.69, 9.17) is 15.5 Å². The fraction of sp³-hybridized carbons (Fsp3) is 0.500. The van der Waals surface area contributed by atoms with E-state index in [1.807, 2.05) is 31.2 Å². The monoisotopic (exact) mass is 384 g/mol. The highest BCUT2D eigenvalue weighted by Gasteiger charge is 2.37. The minimum absolute atomic E-state index is 0.174. The van der Waals surface area contributed by atoms with Gasteiger partial charge in [-0.25, -0.2) is 9.98 Å². The zero-order valence-corrected chi connectivity index (χ0v) is 16.4. The smallest absolute Gasteiger partial charge is 0.179 e. The maximum Gasteiger partial charge on any atom is 0.179 e. The second-order valence-corrected chi connectivity index (χ2v) is 7.84. The van der Waals surface area contributed by atoms with Crippen LogP contribution in [0.3, 0.4) is 0 Å². The SMILES string of the molecule is COc1cccc(N=C2N=CNN3CCC(CN4CC[C@@H](N)[C@](C)(O)C4)=C23)c1. The summed E-state index contributed by atoms with van der Waals surface area (Å²) >= 11 is 0. The predicted molar refractivity (Wildman–Crippen MR) is 110 cm³/mol. The molecule has 0 aliphatic carbocycles. The van der Waals surface area contributed by atoms with Crippen molar-refractivity contribution in [2.75, 3.05) is 33.3 Å². The molecule has 150 valence electrons. The number of aliphatic hydroxyl groups is 1. The molecule has 0 saturated carbocycles. The highest BCUT2D eigenvalue weighted by molar-refractivity contribution is 6.05. The highest BCUT2D eigenvalue weighted by Crippen LogP contribution is 2.29. The third kappa shape index (κ3) is 3.76. The molecule has 1 saturated heterocycles. The molecular weight excluding hydrogens is 356 g/mol. The molecule has 1 fully saturated rings. The van der Waals surface area contributed by atoms with E-state index in [2.05, 4.69) is 20.3 Å². The minimum Gasteiger partial charge on any atom is -0.497 e. The van der Waals surface area contributed by atoms with Crippen molar-refractivity contribution < 1.29 is 9.84 Å². The second kappa shape index (κ2) is 7.54. The van der Waals surface area contributed by atoms with Gasteiger partial charge in [0.05, 0.1) is 18.4 Å². The molecule has 0 bridgehead atoms. The molecule has 3 heterocycles. The number of nitrogens with two attached hydrogens (primary N) is 1. The van der Waals surface area contributed by atoms with Crippen LogP contribution in [0.15, 0.2) is 45.5 Å². The van der Waals surface area contributed by atoms with Gasteiger partial charge in [0.25, 0.3) is 0 Å². The first-order valence-electron chi connectivity index (χ1n) is 9.68. The molecular formula is C20H28N6O2. The Morgan fingerprint density at radius 2 is 2.29 bits per heavy atom. The Morgan fingerprint density at radius 1 is 1.43 bits per heavy atom. The summed E-state index contributed by atoms with van der Waals surface area (Å²) in [6.07, 6.45) is 3.41. The van der Waals surface area contributed by atoms with Gasteiger partial charge in [-0.1, -0.05) is 6.07 Å². The van der Waals surface area contributed by atoms with Crippen molar-refractivity contribution in [3.8, 4) is 5.75 Å². The van der Waals surface area contributed by atoms with E-state index < -0.39 is 5.60 Å². The standard InChI is InChI=1S/C20H28N6O2/c1-20(27)12-25(8-7-17(20)21)11-14-6-9-26-18(14)19(22-13-23-26)24-15-4-3-5-16(10-15)28-2/h3-5,10,13,17,27H,6-9,11-12,21H2,1-2H3,(H,22,23,24)/t17-,20-/m1/s1. The fourth-order valence-corrected chi connectivity index (χ4v) is 4.02. The van der Waals surface area contributed by atoms with E-state index in [1.165, 1.54) is 5.57 Å². The number of ether oxygens (including phenoxy) is 1. The topological polar surface area (TPSA) is 98.7 Å². The number of amidine groups is 1. The molecule has 0 radical (unpaired) electrons. The molecule has 3 aliphatic heterocycles. The maximum absolute atomic E-state index is 10.6. The molecule has 0 amide bonds. The van der Waals surface area contributed by atoms with Gasteiger partial charge in [-0.3, -0.25) is 15.3 Å². The zero-order valence-electron chi connectivity index (χ0n) is 16.4. The number of fused-ring (bicyclic) bond motifs is 1. The van der Waals surface area contributed by atoms with Gasteiger partial charge < -0.3 is 15.6 Å². The van der Waals surface area contributed by atoms with Crippen LogP contribution in [0.5, 0.6) is 5.75 Å². The summed E-state index contributed by atoms with van der Waals surface area (Å²) in [5, 5.41) is 12.6. The van der Waals surface area contributed by atoms with Gasteiger partial charge in [-0.15, -0.1) is 0 Å². The summed E-state index contributed by atoms with van der Waals surface area (Å²) in [5.74, 6) is 1.46. The van der Waals surface area contributed by atoms with Crippen molar-refractivity contribution in [3.05, 3.63) is 35.5 Å². The Labute approximate surface area is 165 Å². The van der Waals surface area contributed by atoms with Gasteiger partial charge in [0.1, 0.15) is 17.8 Å². The number of methoxy groups -OCH3 is 1. The average Bonchev–Trinajstić information content (AvgIpc) is 3.08. The number of nitrogens with zero attached hydrogens (tertiary/aromatic N) is 4. The Hall–Kier alpha value is -2.42. The van der Waals surface area contributed by atoms with Crippen molar-refractivity contribution in [1.82, 2.24) is 15.3 Å². The van der Waals surface area contributed by atoms with E-state index in [-0.39, 0.29) is 6.04 Å². The largest absolute Gasteiger partial charge is 0.497 e. The summed E-state index contributed by atoms with van der Waals surface area (Å²) in [7, 11) is 1.65. The molecule has 0 unspecified atom stereocenters. The maximum atomic E-state index is 10.6. The lowest BCUT2D eigenvalue weighted by Gasteiger charge is -2.41. The number of β-amino-alcohol motifs (C(OH)–C–C–N with tert-alkyl or cyclic N) is 1. The molecule has 0 aromatic heterocycles. The Balaban J connectivity index is 1.60. The lowest BCUT2D eigenvalue weighted by Crippen LogP contribution is -2.58. The molecule has 2 atom stereocenters. The first-order valence-corrected chi connectivity index (χ1v) is 9.68. The summed E-state index contributed by atoms with van der Waals surface area (Å²) < 4.78 is 5.30. The van der Waals surface area contributed by atoms with Gasteiger partial charge in [-0.05, 0) is 37.5 Å². The van der Waals surface area contributed by atoms with E-state index >= 15 is 0 Å². The number of hydrogen-bond donors (Lipinski definition) is 3. The number of piperidine rings is 1. The fourth-order valence-electron chi connectivity index (χ4n) is 4.02. The van der Waals surface area contributed by atoms with Crippen LogP contribution in [0.25, 0.3) is 0 Å². The van der Waals surface area contributed by atoms with Crippen LogP contribution >= 0.6 is 0 Å². The van der Waals surface area contributed by atoms with Gasteiger partial charge >= 0.3 is 0 Å². The van der Waals surface area contributed by atoms with Crippen LogP contribution in [-0.4, -0.2) is 72.1 Å². The van der Waals surface area contributed by atoms with Crippen LogP contribution in [0, 0.1) is 0 Å². The first kappa shape index (κ1) is 18.9. The molecule has 3 aliphatic rings. The summed E-state index contributed by atoms with van der Waals surface area (Å²) in [5.41, 5.74) is 11.5. The van der Waals surface area contributed by atoms with E-state index in [9.17, 15) is 5.11 Å². The number of hydrogen-bond acceptors (Lipinski definition) is 7. The minimum atomic E-state index is -0.859. The zero-order chi connectivity index (χ0) is 19.7. The van der Waals surface area contributed by atoms with Crippen LogP contribution in [0.2, 0.25) is 0 Å². The summed E-state index contributed by atoms with van der Waals surface area (Å²) in [6, 6.07) is 7.48. The van der Waals surface area contributed by atoms with E-state index in [1.54, 1.807) is 13.4 Å². The molecule has 1 aromatic carbocycles. The molecule has 8 nitrogen and oxygen atoms in total. The normalized spacial score (nSPS) is 29.2. The van der Waals surface area contributed by atoms with Crippen LogP contribution in [-0.2, 0) is 0 Å². The van der Waals surface area contributed by atoms with Crippen molar-refractivity contribution >= 4 is 17.9 Å². The summed E-state index contributed by atoms with van der Waals surface area (Å²) in [4.78, 5) is 11.5. The van der Waals surface area contributed by atoms with Crippen molar-refractivity contribution in [1.29, 1.82) is 0 Å². The number of aliphatic imine (C=N–C) groups is 2. The number of nitrogens with one attached hydrogen (secondary N) is 1. The lowest BCUT2D eigenvalue weighted by atomic mass is 9.89. The Kier molecular flexibility index (Phi) is 5.09. The molecule has 0 spiro atoms. The van der Waals surface area contributed by atoms with Crippen LogP contribution in [0.4, 0.5) is 5.69 Å². The number of benzene rings is 1. The van der Waals surface area contributed by atoms with Crippen molar-refractivity contribution in [2.45, 2.75) is 31.4 Å². The Bertz CT molecular complexity index is 832.